The molecule has 1 N–H and O–H groups in total. The number of benzene rings is 1. The standard InChI is InChI=1S/C15H20N2O/c1-10(2)11(3)17(4)15(18)13-9-16-14-8-6-5-7-12(13)14/h5-11,16H,1-4H3. The van der Waals surface area contributed by atoms with E-state index in [-0.39, 0.29) is 11.9 Å². The minimum atomic E-state index is 0.0775. The smallest absolute Gasteiger partial charge is 0.256 e. The molecule has 3 nitrogen and oxygen atoms in total. The van der Waals surface area contributed by atoms with Crippen LogP contribution in [0.4, 0.5) is 0 Å². The number of amides is 1. The quantitative estimate of drug-likeness (QED) is 0.883. The van der Waals surface area contributed by atoms with Gasteiger partial charge < -0.3 is 9.88 Å². The molecule has 0 aliphatic carbocycles. The van der Waals surface area contributed by atoms with Crippen LogP contribution in [0.1, 0.15) is 31.1 Å². The Balaban J connectivity index is 2.34. The molecule has 2 aromatic rings. The summed E-state index contributed by atoms with van der Waals surface area (Å²) >= 11 is 0. The van der Waals surface area contributed by atoms with Gasteiger partial charge in [0.1, 0.15) is 0 Å². The number of carbonyl (C=O) groups is 1. The van der Waals surface area contributed by atoms with Crippen molar-refractivity contribution in [1.82, 2.24) is 9.88 Å². The van der Waals surface area contributed by atoms with E-state index < -0.39 is 0 Å². The second-order valence-corrected chi connectivity index (χ2v) is 5.15. The third kappa shape index (κ3) is 2.13. The van der Waals surface area contributed by atoms with Gasteiger partial charge in [0.05, 0.1) is 5.56 Å². The summed E-state index contributed by atoms with van der Waals surface area (Å²) in [6, 6.07) is 8.11. The molecule has 0 saturated carbocycles. The molecule has 2 rings (SSSR count). The monoisotopic (exact) mass is 244 g/mol. The van der Waals surface area contributed by atoms with Gasteiger partial charge in [0, 0.05) is 30.2 Å². The van der Waals surface area contributed by atoms with Crippen molar-refractivity contribution in [3.8, 4) is 0 Å². The normalized spacial score (nSPS) is 12.9. The minimum absolute atomic E-state index is 0.0775. The Labute approximate surface area is 108 Å². The van der Waals surface area contributed by atoms with Gasteiger partial charge in [-0.25, -0.2) is 0 Å². The zero-order valence-electron chi connectivity index (χ0n) is 11.4. The van der Waals surface area contributed by atoms with Crippen LogP contribution >= 0.6 is 0 Å². The van der Waals surface area contributed by atoms with E-state index in [4.69, 9.17) is 0 Å². The number of aromatic nitrogens is 1. The molecule has 1 aromatic heterocycles. The first-order valence-corrected chi connectivity index (χ1v) is 6.35. The maximum absolute atomic E-state index is 12.5. The minimum Gasteiger partial charge on any atom is -0.360 e. The lowest BCUT2D eigenvalue weighted by molar-refractivity contribution is 0.0709. The highest BCUT2D eigenvalue weighted by Gasteiger charge is 2.21. The lowest BCUT2D eigenvalue weighted by Gasteiger charge is -2.27. The molecule has 18 heavy (non-hydrogen) atoms. The number of H-pyrrole nitrogens is 1. The second-order valence-electron chi connectivity index (χ2n) is 5.15. The van der Waals surface area contributed by atoms with E-state index in [9.17, 15) is 4.79 Å². The van der Waals surface area contributed by atoms with Gasteiger partial charge >= 0.3 is 0 Å². The summed E-state index contributed by atoms with van der Waals surface area (Å²) < 4.78 is 0. The molecule has 3 heteroatoms. The van der Waals surface area contributed by atoms with Crippen LogP contribution in [-0.2, 0) is 0 Å². The fraction of sp³-hybridized carbons (Fsp3) is 0.400. The van der Waals surface area contributed by atoms with Gasteiger partial charge in [0.25, 0.3) is 5.91 Å². The first kappa shape index (κ1) is 12.7. The van der Waals surface area contributed by atoms with Crippen molar-refractivity contribution in [2.75, 3.05) is 7.05 Å². The Morgan fingerprint density at radius 2 is 1.89 bits per heavy atom. The summed E-state index contributed by atoms with van der Waals surface area (Å²) in [5.41, 5.74) is 1.76. The summed E-state index contributed by atoms with van der Waals surface area (Å²) in [6.45, 7) is 6.34. The van der Waals surface area contributed by atoms with Crippen LogP contribution in [0.15, 0.2) is 30.5 Å². The first-order chi connectivity index (χ1) is 8.52. The Bertz CT molecular complexity index is 556. The summed E-state index contributed by atoms with van der Waals surface area (Å²) in [5.74, 6) is 0.526. The van der Waals surface area contributed by atoms with E-state index in [1.165, 1.54) is 0 Å². The molecule has 0 aliphatic heterocycles. The summed E-state index contributed by atoms with van der Waals surface area (Å²) in [7, 11) is 1.87. The molecule has 1 unspecified atom stereocenters. The van der Waals surface area contributed by atoms with E-state index in [1.807, 2.05) is 36.2 Å². The van der Waals surface area contributed by atoms with E-state index in [1.54, 1.807) is 6.20 Å². The fourth-order valence-corrected chi connectivity index (χ4v) is 2.07. The molecule has 1 heterocycles. The largest absolute Gasteiger partial charge is 0.360 e. The van der Waals surface area contributed by atoms with Gasteiger partial charge in [-0.2, -0.15) is 0 Å². The van der Waals surface area contributed by atoms with Crippen LogP contribution in [0, 0.1) is 5.92 Å². The highest BCUT2D eigenvalue weighted by molar-refractivity contribution is 6.06. The zero-order valence-corrected chi connectivity index (χ0v) is 11.4. The van der Waals surface area contributed by atoms with E-state index in [2.05, 4.69) is 25.8 Å². The van der Waals surface area contributed by atoms with Gasteiger partial charge in [-0.05, 0) is 18.9 Å². The average Bonchev–Trinajstić information content (AvgIpc) is 2.79. The van der Waals surface area contributed by atoms with Crippen LogP contribution in [0.2, 0.25) is 0 Å². The number of nitrogens with one attached hydrogen (secondary N) is 1. The van der Waals surface area contributed by atoms with Gasteiger partial charge in [0.15, 0.2) is 0 Å². The third-order valence-corrected chi connectivity index (χ3v) is 3.72. The predicted molar refractivity (Wildman–Crippen MR) is 74.7 cm³/mol. The third-order valence-electron chi connectivity index (χ3n) is 3.72. The van der Waals surface area contributed by atoms with Crippen molar-refractivity contribution in [3.63, 3.8) is 0 Å². The summed E-state index contributed by atoms with van der Waals surface area (Å²) in [6.07, 6.45) is 1.80. The van der Waals surface area contributed by atoms with Crippen molar-refractivity contribution in [3.05, 3.63) is 36.0 Å². The maximum Gasteiger partial charge on any atom is 0.256 e. The number of nitrogens with zero attached hydrogens (tertiary/aromatic N) is 1. The molecule has 0 saturated heterocycles. The number of hydrogen-bond donors (Lipinski definition) is 1. The topological polar surface area (TPSA) is 36.1 Å². The maximum atomic E-state index is 12.5. The number of carbonyl (C=O) groups excluding carboxylic acids is 1. The number of aromatic amines is 1. The lowest BCUT2D eigenvalue weighted by atomic mass is 10.0. The molecule has 1 amide bonds. The Hall–Kier alpha value is -1.77. The molecule has 96 valence electrons. The van der Waals surface area contributed by atoms with Gasteiger partial charge in [-0.1, -0.05) is 32.0 Å². The van der Waals surface area contributed by atoms with Crippen molar-refractivity contribution in [1.29, 1.82) is 0 Å². The SMILES string of the molecule is CC(C)C(C)N(C)C(=O)c1c[nH]c2ccccc12. The number of fused-ring (bicyclic) bond motifs is 1. The molecule has 0 bridgehead atoms. The predicted octanol–water partition coefficient (Wildman–Crippen LogP) is 3.28. The van der Waals surface area contributed by atoms with Crippen LogP contribution < -0.4 is 0 Å². The Morgan fingerprint density at radius 3 is 2.56 bits per heavy atom. The Morgan fingerprint density at radius 1 is 1.22 bits per heavy atom. The van der Waals surface area contributed by atoms with Gasteiger partial charge in [0.2, 0.25) is 0 Å². The molecule has 0 aliphatic rings. The molecule has 0 fully saturated rings. The molecule has 0 spiro atoms. The van der Waals surface area contributed by atoms with Crippen molar-refractivity contribution in [2.45, 2.75) is 26.8 Å². The summed E-state index contributed by atoms with van der Waals surface area (Å²) in [5, 5.41) is 0.991. The Kier molecular flexibility index (Phi) is 3.41. The lowest BCUT2D eigenvalue weighted by Crippen LogP contribution is -2.38. The van der Waals surface area contributed by atoms with Crippen molar-refractivity contribution < 1.29 is 4.79 Å². The zero-order chi connectivity index (χ0) is 13.3. The molecule has 1 aromatic carbocycles. The number of para-hydroxylation sites is 1. The fourth-order valence-electron chi connectivity index (χ4n) is 2.07. The molecular weight excluding hydrogens is 224 g/mol. The van der Waals surface area contributed by atoms with Crippen LogP contribution in [0.3, 0.4) is 0 Å². The van der Waals surface area contributed by atoms with Gasteiger partial charge in [-0.15, -0.1) is 0 Å². The van der Waals surface area contributed by atoms with E-state index in [0.29, 0.717) is 5.92 Å². The molecule has 0 radical (unpaired) electrons. The summed E-state index contributed by atoms with van der Waals surface area (Å²) in [4.78, 5) is 17.4. The van der Waals surface area contributed by atoms with Gasteiger partial charge in [-0.3, -0.25) is 4.79 Å². The van der Waals surface area contributed by atoms with Crippen molar-refractivity contribution >= 4 is 16.8 Å². The average molecular weight is 244 g/mol. The van der Waals surface area contributed by atoms with Crippen molar-refractivity contribution in [2.24, 2.45) is 5.92 Å². The number of hydrogen-bond acceptors (Lipinski definition) is 1. The van der Waals surface area contributed by atoms with Crippen LogP contribution in [0.25, 0.3) is 10.9 Å². The first-order valence-electron chi connectivity index (χ1n) is 6.35. The van der Waals surface area contributed by atoms with E-state index in [0.717, 1.165) is 16.5 Å². The highest BCUT2D eigenvalue weighted by atomic mass is 16.2. The van der Waals surface area contributed by atoms with E-state index >= 15 is 0 Å². The second kappa shape index (κ2) is 4.84. The molecule has 1 atom stereocenters. The highest BCUT2D eigenvalue weighted by Crippen LogP contribution is 2.20. The molecular formula is C15H20N2O. The van der Waals surface area contributed by atoms with Crippen LogP contribution in [0.5, 0.6) is 0 Å². The number of rotatable bonds is 3. The van der Waals surface area contributed by atoms with Crippen LogP contribution in [-0.4, -0.2) is 28.9 Å².